The number of amides is 3. The Hall–Kier alpha value is -3.22. The summed E-state index contributed by atoms with van der Waals surface area (Å²) in [5.41, 5.74) is 0.877. The van der Waals surface area contributed by atoms with Crippen molar-refractivity contribution < 1.29 is 14.4 Å². The van der Waals surface area contributed by atoms with Gasteiger partial charge in [-0.3, -0.25) is 19.3 Å². The lowest BCUT2D eigenvalue weighted by Gasteiger charge is -2.21. The van der Waals surface area contributed by atoms with Crippen LogP contribution in [0.5, 0.6) is 0 Å². The molecule has 2 aliphatic rings. The van der Waals surface area contributed by atoms with Crippen LogP contribution < -0.4 is 5.32 Å². The minimum atomic E-state index is -0.467. The van der Waals surface area contributed by atoms with Crippen LogP contribution in [0.3, 0.4) is 0 Å². The molecule has 0 radical (unpaired) electrons. The van der Waals surface area contributed by atoms with Crippen LogP contribution in [-0.4, -0.2) is 38.7 Å². The third kappa shape index (κ3) is 3.24. The number of aromatic nitrogens is 2. The topological polar surface area (TPSA) is 84.3 Å². The molecular formula is C21H22N4O3. The second-order valence-corrected chi connectivity index (χ2v) is 7.23. The zero-order valence-corrected chi connectivity index (χ0v) is 15.6. The van der Waals surface area contributed by atoms with Crippen molar-refractivity contribution in [3.8, 4) is 0 Å². The highest BCUT2D eigenvalue weighted by molar-refractivity contribution is 6.07. The Morgan fingerprint density at radius 1 is 1.14 bits per heavy atom. The largest absolute Gasteiger partial charge is 0.341 e. The number of imide groups is 1. The van der Waals surface area contributed by atoms with Crippen LogP contribution in [-0.2, 0) is 21.4 Å². The highest BCUT2D eigenvalue weighted by atomic mass is 16.2. The third-order valence-electron chi connectivity index (χ3n) is 5.46. The first kappa shape index (κ1) is 18.2. The molecule has 7 nitrogen and oxygen atoms in total. The molecule has 0 bridgehead atoms. The molecule has 28 heavy (non-hydrogen) atoms. The van der Waals surface area contributed by atoms with Gasteiger partial charge in [0.05, 0.1) is 11.8 Å². The molecule has 0 saturated carbocycles. The summed E-state index contributed by atoms with van der Waals surface area (Å²) in [7, 11) is 1.86. The number of likely N-dealkylation sites (tertiary alicyclic amines) is 1. The molecule has 144 valence electrons. The first-order valence-electron chi connectivity index (χ1n) is 9.38. The number of fused-ring (bicyclic) bond motifs is 1. The normalized spacial score (nSPS) is 22.2. The molecule has 1 N–H and O–H groups in total. The van der Waals surface area contributed by atoms with Crippen LogP contribution in [0, 0.1) is 11.8 Å². The predicted molar refractivity (Wildman–Crippen MR) is 102 cm³/mol. The first-order chi connectivity index (χ1) is 13.6. The van der Waals surface area contributed by atoms with E-state index in [1.807, 2.05) is 60.3 Å². The van der Waals surface area contributed by atoms with Gasteiger partial charge in [-0.2, -0.15) is 0 Å². The van der Waals surface area contributed by atoms with E-state index in [0.717, 1.165) is 10.5 Å². The van der Waals surface area contributed by atoms with E-state index in [1.165, 1.54) is 0 Å². The number of benzene rings is 1. The van der Waals surface area contributed by atoms with Gasteiger partial charge in [-0.15, -0.1) is 0 Å². The van der Waals surface area contributed by atoms with Gasteiger partial charge in [0.2, 0.25) is 17.7 Å². The lowest BCUT2D eigenvalue weighted by molar-refractivity contribution is -0.143. The Morgan fingerprint density at radius 2 is 1.79 bits per heavy atom. The van der Waals surface area contributed by atoms with E-state index >= 15 is 0 Å². The Bertz CT molecular complexity index is 908. The molecule has 2 aromatic rings. The lowest BCUT2D eigenvalue weighted by Crippen LogP contribution is -2.42. The van der Waals surface area contributed by atoms with Crippen molar-refractivity contribution in [3.05, 3.63) is 66.3 Å². The standard InChI is InChI=1S/C21H22N4O3/c1-24-12-11-22-19(24)18(14-7-3-2-4-8-14)23-17(26)13-25-20(27)15-9-5-6-10-16(15)21(25)28/h2-8,11-12,15-16,18H,9-10,13H2,1H3,(H,23,26). The average molecular weight is 378 g/mol. The van der Waals surface area contributed by atoms with Crippen LogP contribution >= 0.6 is 0 Å². The predicted octanol–water partition coefficient (Wildman–Crippen LogP) is 1.58. The Labute approximate surface area is 163 Å². The van der Waals surface area contributed by atoms with E-state index in [9.17, 15) is 14.4 Å². The summed E-state index contributed by atoms with van der Waals surface area (Å²) < 4.78 is 1.84. The van der Waals surface area contributed by atoms with Gasteiger partial charge in [-0.05, 0) is 18.4 Å². The van der Waals surface area contributed by atoms with Gasteiger partial charge in [0.15, 0.2) is 0 Å². The van der Waals surface area contributed by atoms with Gasteiger partial charge < -0.3 is 9.88 Å². The van der Waals surface area contributed by atoms with Gasteiger partial charge in [0.1, 0.15) is 18.4 Å². The summed E-state index contributed by atoms with van der Waals surface area (Å²) >= 11 is 0. The van der Waals surface area contributed by atoms with E-state index in [-0.39, 0.29) is 36.1 Å². The number of hydrogen-bond donors (Lipinski definition) is 1. The molecule has 4 rings (SSSR count). The monoisotopic (exact) mass is 378 g/mol. The second kappa shape index (κ2) is 7.42. The van der Waals surface area contributed by atoms with Gasteiger partial charge >= 0.3 is 0 Å². The fourth-order valence-corrected chi connectivity index (χ4v) is 3.97. The Morgan fingerprint density at radius 3 is 2.36 bits per heavy atom. The van der Waals surface area contributed by atoms with Gasteiger partial charge in [0.25, 0.3) is 0 Å². The van der Waals surface area contributed by atoms with E-state index in [1.54, 1.807) is 6.20 Å². The maximum absolute atomic E-state index is 12.8. The lowest BCUT2D eigenvalue weighted by atomic mass is 9.85. The first-order valence-corrected chi connectivity index (χ1v) is 9.38. The Kier molecular flexibility index (Phi) is 4.81. The van der Waals surface area contributed by atoms with Crippen molar-refractivity contribution in [2.75, 3.05) is 6.54 Å². The van der Waals surface area contributed by atoms with E-state index in [4.69, 9.17) is 0 Å². The van der Waals surface area contributed by atoms with E-state index in [0.29, 0.717) is 18.7 Å². The smallest absolute Gasteiger partial charge is 0.241 e. The summed E-state index contributed by atoms with van der Waals surface area (Å²) in [6.07, 6.45) is 8.47. The van der Waals surface area contributed by atoms with Crippen molar-refractivity contribution in [2.45, 2.75) is 18.9 Å². The molecule has 1 aromatic heterocycles. The van der Waals surface area contributed by atoms with E-state index < -0.39 is 6.04 Å². The van der Waals surface area contributed by atoms with Gasteiger partial charge in [-0.1, -0.05) is 42.5 Å². The van der Waals surface area contributed by atoms with Crippen LogP contribution in [0.25, 0.3) is 0 Å². The third-order valence-corrected chi connectivity index (χ3v) is 5.46. The molecule has 1 saturated heterocycles. The number of imidazole rings is 1. The number of carbonyl (C=O) groups is 3. The summed E-state index contributed by atoms with van der Waals surface area (Å²) in [5, 5.41) is 2.94. The molecule has 7 heteroatoms. The zero-order chi connectivity index (χ0) is 19.7. The van der Waals surface area contributed by atoms with Crippen LogP contribution in [0.1, 0.15) is 30.3 Å². The average Bonchev–Trinajstić information content (AvgIpc) is 3.24. The van der Waals surface area contributed by atoms with Crippen molar-refractivity contribution in [2.24, 2.45) is 18.9 Å². The molecule has 0 spiro atoms. The van der Waals surface area contributed by atoms with Crippen molar-refractivity contribution >= 4 is 17.7 Å². The molecule has 2 heterocycles. The molecule has 1 aliphatic carbocycles. The molecule has 1 aromatic carbocycles. The van der Waals surface area contributed by atoms with Crippen molar-refractivity contribution in [1.82, 2.24) is 19.8 Å². The molecule has 1 aliphatic heterocycles. The fraction of sp³-hybridized carbons (Fsp3) is 0.333. The number of rotatable bonds is 5. The summed E-state index contributed by atoms with van der Waals surface area (Å²) in [5.74, 6) is -0.860. The summed E-state index contributed by atoms with van der Waals surface area (Å²) in [4.78, 5) is 43.4. The van der Waals surface area contributed by atoms with Crippen molar-refractivity contribution in [3.63, 3.8) is 0 Å². The van der Waals surface area contributed by atoms with Crippen LogP contribution in [0.15, 0.2) is 54.9 Å². The van der Waals surface area contributed by atoms with Crippen LogP contribution in [0.2, 0.25) is 0 Å². The molecular weight excluding hydrogens is 356 g/mol. The fourth-order valence-electron chi connectivity index (χ4n) is 3.97. The molecule has 3 unspecified atom stereocenters. The number of hydrogen-bond acceptors (Lipinski definition) is 4. The quantitative estimate of drug-likeness (QED) is 0.632. The highest BCUT2D eigenvalue weighted by Gasteiger charge is 2.47. The SMILES string of the molecule is Cn1ccnc1C(NC(=O)CN1C(=O)C2CC=CCC2C1=O)c1ccccc1. The highest BCUT2D eigenvalue weighted by Crippen LogP contribution is 2.34. The molecule has 3 amide bonds. The van der Waals surface area contributed by atoms with E-state index in [2.05, 4.69) is 10.3 Å². The number of aryl methyl sites for hydroxylation is 1. The number of nitrogens with one attached hydrogen (secondary N) is 1. The Balaban J connectivity index is 1.52. The maximum Gasteiger partial charge on any atom is 0.241 e. The van der Waals surface area contributed by atoms with Gasteiger partial charge in [0, 0.05) is 19.4 Å². The summed E-state index contributed by atoms with van der Waals surface area (Å²) in [6.45, 7) is -0.265. The van der Waals surface area contributed by atoms with Crippen molar-refractivity contribution in [1.29, 1.82) is 0 Å². The number of nitrogens with zero attached hydrogens (tertiary/aromatic N) is 3. The zero-order valence-electron chi connectivity index (χ0n) is 15.6. The van der Waals surface area contributed by atoms with Gasteiger partial charge in [-0.25, -0.2) is 4.98 Å². The number of allylic oxidation sites excluding steroid dienone is 2. The summed E-state index contributed by atoms with van der Waals surface area (Å²) in [6, 6.07) is 9.03. The number of carbonyl (C=O) groups excluding carboxylic acids is 3. The second-order valence-electron chi connectivity index (χ2n) is 7.23. The maximum atomic E-state index is 12.8. The van der Waals surface area contributed by atoms with Crippen LogP contribution in [0.4, 0.5) is 0 Å². The molecule has 3 atom stereocenters. The minimum Gasteiger partial charge on any atom is -0.341 e. The minimum absolute atomic E-state index is 0.247. The molecule has 1 fully saturated rings.